The third-order valence-electron chi connectivity index (χ3n) is 2.34. The lowest BCUT2D eigenvalue weighted by atomic mass is 10.3. The molecule has 0 fully saturated rings. The quantitative estimate of drug-likeness (QED) is 0.853. The summed E-state index contributed by atoms with van der Waals surface area (Å²) < 4.78 is 26.7. The maximum Gasteiger partial charge on any atom is 0.261 e. The number of sulfonamides is 1. The lowest BCUT2D eigenvalue weighted by Gasteiger charge is -2.09. The molecule has 2 aromatic rings. The van der Waals surface area contributed by atoms with Gasteiger partial charge in [-0.15, -0.1) is 0 Å². The molecule has 0 aliphatic rings. The zero-order valence-electron chi connectivity index (χ0n) is 9.60. The molecule has 0 radical (unpaired) electrons. The van der Waals surface area contributed by atoms with Crippen molar-refractivity contribution in [3.8, 4) is 0 Å². The maximum atomic E-state index is 12.1. The van der Waals surface area contributed by atoms with Crippen molar-refractivity contribution in [3.05, 3.63) is 52.5 Å². The second kappa shape index (κ2) is 5.28. The third-order valence-corrected chi connectivity index (χ3v) is 4.46. The molecule has 0 atom stereocenters. The van der Waals surface area contributed by atoms with Gasteiger partial charge in [0.15, 0.2) is 0 Å². The monoisotopic (exact) mass is 316 g/mol. The van der Waals surface area contributed by atoms with E-state index >= 15 is 0 Å². The van der Waals surface area contributed by atoms with Gasteiger partial charge in [-0.1, -0.05) is 29.3 Å². The largest absolute Gasteiger partial charge is 0.399 e. The van der Waals surface area contributed by atoms with E-state index < -0.39 is 10.0 Å². The summed E-state index contributed by atoms with van der Waals surface area (Å²) >= 11 is 11.6. The summed E-state index contributed by atoms with van der Waals surface area (Å²) in [6, 6.07) is 10.5. The molecule has 0 aliphatic carbocycles. The number of nitrogens with one attached hydrogen (secondary N) is 1. The van der Waals surface area contributed by atoms with E-state index in [4.69, 9.17) is 28.9 Å². The Labute approximate surface area is 121 Å². The number of rotatable bonds is 3. The van der Waals surface area contributed by atoms with E-state index in [9.17, 15) is 8.42 Å². The molecule has 0 aliphatic heterocycles. The summed E-state index contributed by atoms with van der Waals surface area (Å²) in [5.41, 5.74) is 6.43. The number of nitrogen functional groups attached to an aromatic ring is 1. The molecule has 7 heteroatoms. The number of halogens is 2. The Morgan fingerprint density at radius 3 is 2.37 bits per heavy atom. The minimum Gasteiger partial charge on any atom is -0.399 e. The number of hydrogen-bond acceptors (Lipinski definition) is 3. The highest BCUT2D eigenvalue weighted by molar-refractivity contribution is 7.92. The summed E-state index contributed by atoms with van der Waals surface area (Å²) in [6.45, 7) is 0. The lowest BCUT2D eigenvalue weighted by Crippen LogP contribution is -2.13. The lowest BCUT2D eigenvalue weighted by molar-refractivity contribution is 0.601. The molecule has 2 rings (SSSR count). The summed E-state index contributed by atoms with van der Waals surface area (Å²) in [7, 11) is -3.72. The highest BCUT2D eigenvalue weighted by atomic mass is 35.5. The smallest absolute Gasteiger partial charge is 0.261 e. The van der Waals surface area contributed by atoms with Crippen molar-refractivity contribution in [2.24, 2.45) is 0 Å². The fraction of sp³-hybridized carbons (Fsp3) is 0. The predicted molar refractivity (Wildman–Crippen MR) is 78.1 cm³/mol. The Morgan fingerprint density at radius 1 is 1.00 bits per heavy atom. The average Bonchev–Trinajstić information content (AvgIpc) is 2.32. The van der Waals surface area contributed by atoms with E-state index in [0.29, 0.717) is 16.4 Å². The van der Waals surface area contributed by atoms with E-state index in [2.05, 4.69) is 4.72 Å². The maximum absolute atomic E-state index is 12.1. The van der Waals surface area contributed by atoms with Gasteiger partial charge in [-0.05, 0) is 36.4 Å². The van der Waals surface area contributed by atoms with Gasteiger partial charge in [0.2, 0.25) is 0 Å². The summed E-state index contributed by atoms with van der Waals surface area (Å²) in [5.74, 6) is 0. The first-order chi connectivity index (χ1) is 8.88. The van der Waals surface area contributed by atoms with Crippen LogP contribution in [-0.4, -0.2) is 8.42 Å². The summed E-state index contributed by atoms with van der Waals surface area (Å²) in [5, 5.41) is 0.474. The fourth-order valence-electron chi connectivity index (χ4n) is 1.46. The molecule has 0 unspecified atom stereocenters. The van der Waals surface area contributed by atoms with Gasteiger partial charge in [0.25, 0.3) is 10.0 Å². The zero-order chi connectivity index (χ0) is 14.0. The van der Waals surface area contributed by atoms with Gasteiger partial charge in [-0.25, -0.2) is 8.42 Å². The van der Waals surface area contributed by atoms with Crippen LogP contribution in [0.25, 0.3) is 0 Å². The number of hydrogen-bond donors (Lipinski definition) is 2. The van der Waals surface area contributed by atoms with Gasteiger partial charge >= 0.3 is 0 Å². The van der Waals surface area contributed by atoms with E-state index in [1.54, 1.807) is 18.2 Å². The first kappa shape index (κ1) is 14.0. The van der Waals surface area contributed by atoms with Gasteiger partial charge in [0, 0.05) is 5.69 Å². The van der Waals surface area contributed by atoms with Crippen LogP contribution < -0.4 is 10.5 Å². The Morgan fingerprint density at radius 2 is 1.74 bits per heavy atom. The van der Waals surface area contributed by atoms with E-state index in [-0.39, 0.29) is 9.92 Å². The first-order valence-electron chi connectivity index (χ1n) is 5.22. The van der Waals surface area contributed by atoms with Crippen molar-refractivity contribution >= 4 is 44.6 Å². The average molecular weight is 317 g/mol. The summed E-state index contributed by atoms with van der Waals surface area (Å²) in [4.78, 5) is 0.0318. The Balaban J connectivity index is 2.35. The van der Waals surface area contributed by atoms with Crippen molar-refractivity contribution in [2.75, 3.05) is 10.5 Å². The van der Waals surface area contributed by atoms with E-state index in [1.165, 1.54) is 24.3 Å². The molecule has 19 heavy (non-hydrogen) atoms. The molecule has 4 nitrogen and oxygen atoms in total. The van der Waals surface area contributed by atoms with Crippen molar-refractivity contribution in [1.82, 2.24) is 0 Å². The first-order valence-corrected chi connectivity index (χ1v) is 7.46. The van der Waals surface area contributed by atoms with Crippen molar-refractivity contribution in [1.29, 1.82) is 0 Å². The molecule has 0 amide bonds. The topological polar surface area (TPSA) is 72.2 Å². The Hall–Kier alpha value is -1.43. The highest BCUT2D eigenvalue weighted by Gasteiger charge is 2.15. The van der Waals surface area contributed by atoms with Gasteiger partial charge in [0.1, 0.15) is 0 Å². The minimum atomic E-state index is -3.72. The van der Waals surface area contributed by atoms with Crippen molar-refractivity contribution in [3.63, 3.8) is 0 Å². The molecule has 0 saturated carbocycles. The SMILES string of the molecule is Nc1cccc(NS(=O)(=O)c2ccc(Cl)c(Cl)c2)c1. The van der Waals surface area contributed by atoms with Crippen LogP contribution in [0.3, 0.4) is 0 Å². The molecule has 0 saturated heterocycles. The van der Waals surface area contributed by atoms with Crippen LogP contribution in [0.1, 0.15) is 0 Å². The van der Waals surface area contributed by atoms with Crippen LogP contribution in [0.2, 0.25) is 10.0 Å². The van der Waals surface area contributed by atoms with E-state index in [1.807, 2.05) is 0 Å². The normalized spacial score (nSPS) is 11.3. The molecule has 3 N–H and O–H groups in total. The van der Waals surface area contributed by atoms with Crippen LogP contribution in [-0.2, 0) is 10.0 Å². The number of benzene rings is 2. The predicted octanol–water partition coefficient (Wildman–Crippen LogP) is 3.38. The Kier molecular flexibility index (Phi) is 3.89. The molecule has 0 spiro atoms. The fourth-order valence-corrected chi connectivity index (χ4v) is 2.90. The molecule has 0 bridgehead atoms. The van der Waals surface area contributed by atoms with Crippen LogP contribution in [0, 0.1) is 0 Å². The molecule has 2 aromatic carbocycles. The van der Waals surface area contributed by atoms with Gasteiger partial charge in [-0.3, -0.25) is 4.72 Å². The van der Waals surface area contributed by atoms with Gasteiger partial charge < -0.3 is 5.73 Å². The zero-order valence-corrected chi connectivity index (χ0v) is 11.9. The summed E-state index contributed by atoms with van der Waals surface area (Å²) in [6.07, 6.45) is 0. The van der Waals surface area contributed by atoms with Crippen LogP contribution in [0.15, 0.2) is 47.4 Å². The van der Waals surface area contributed by atoms with Crippen molar-refractivity contribution < 1.29 is 8.42 Å². The minimum absolute atomic E-state index is 0.0318. The second-order valence-electron chi connectivity index (χ2n) is 3.81. The molecule has 0 aromatic heterocycles. The van der Waals surface area contributed by atoms with Gasteiger partial charge in [-0.2, -0.15) is 0 Å². The van der Waals surface area contributed by atoms with Crippen LogP contribution in [0.4, 0.5) is 11.4 Å². The molecule has 100 valence electrons. The molecular weight excluding hydrogens is 307 g/mol. The third kappa shape index (κ3) is 3.32. The second-order valence-corrected chi connectivity index (χ2v) is 6.30. The van der Waals surface area contributed by atoms with Crippen LogP contribution >= 0.6 is 23.2 Å². The van der Waals surface area contributed by atoms with Crippen molar-refractivity contribution in [2.45, 2.75) is 4.90 Å². The number of nitrogens with two attached hydrogens (primary N) is 1. The Bertz CT molecular complexity index is 717. The molecule has 0 heterocycles. The number of anilines is 2. The van der Waals surface area contributed by atoms with Crippen LogP contribution in [0.5, 0.6) is 0 Å². The van der Waals surface area contributed by atoms with Gasteiger partial charge in [0.05, 0.1) is 20.6 Å². The molecular formula is C12H10Cl2N2O2S. The van der Waals surface area contributed by atoms with E-state index in [0.717, 1.165) is 0 Å². The standard InChI is InChI=1S/C12H10Cl2N2O2S/c13-11-5-4-10(7-12(11)14)19(17,18)16-9-3-1-2-8(15)6-9/h1-7,16H,15H2. The highest BCUT2D eigenvalue weighted by Crippen LogP contribution is 2.26.